The summed E-state index contributed by atoms with van der Waals surface area (Å²) in [6.07, 6.45) is -0.657. The Kier molecular flexibility index (Phi) is 5.66. The molecule has 0 saturated heterocycles. The maximum atomic E-state index is 12.5. The van der Waals surface area contributed by atoms with E-state index in [9.17, 15) is 10.1 Å². The minimum Gasteiger partial charge on any atom is -0.497 e. The fraction of sp³-hybridized carbons (Fsp3) is 0.200. The van der Waals surface area contributed by atoms with Crippen molar-refractivity contribution in [3.8, 4) is 23.3 Å². The summed E-state index contributed by atoms with van der Waals surface area (Å²) in [5.41, 5.74) is 1.31. The molecule has 1 heterocycles. The molecule has 0 aromatic heterocycles. The molecule has 0 saturated carbocycles. The molecule has 8 heteroatoms. The SMILES string of the molecule is COc1ccc(N2C(S)=C(C#N)C(=O)NC2c2cc(OC)ccc2OC)cc1. The van der Waals surface area contributed by atoms with Gasteiger partial charge in [-0.05, 0) is 42.5 Å². The van der Waals surface area contributed by atoms with Crippen LogP contribution < -0.4 is 24.4 Å². The molecule has 1 aliphatic rings. The monoisotopic (exact) mass is 397 g/mol. The summed E-state index contributed by atoms with van der Waals surface area (Å²) in [7, 11) is 4.69. The van der Waals surface area contributed by atoms with Crippen LogP contribution in [0.3, 0.4) is 0 Å². The number of nitrogens with one attached hydrogen (secondary N) is 1. The van der Waals surface area contributed by atoms with E-state index in [1.165, 1.54) is 0 Å². The second kappa shape index (κ2) is 8.15. The normalized spacial score (nSPS) is 16.3. The van der Waals surface area contributed by atoms with E-state index in [0.717, 1.165) is 0 Å². The van der Waals surface area contributed by atoms with E-state index in [4.69, 9.17) is 14.2 Å². The maximum Gasteiger partial charge on any atom is 0.266 e. The third-order valence-corrected chi connectivity index (χ3v) is 4.84. The smallest absolute Gasteiger partial charge is 0.266 e. The third kappa shape index (κ3) is 3.44. The van der Waals surface area contributed by atoms with Gasteiger partial charge in [0.2, 0.25) is 0 Å². The molecule has 1 aliphatic heterocycles. The van der Waals surface area contributed by atoms with Crippen molar-refractivity contribution in [2.75, 3.05) is 26.2 Å². The predicted octanol–water partition coefficient (Wildman–Crippen LogP) is 3.01. The number of nitrogens with zero attached hydrogens (tertiary/aromatic N) is 2. The Morgan fingerprint density at radius 3 is 2.25 bits per heavy atom. The average Bonchev–Trinajstić information content (AvgIpc) is 2.73. The van der Waals surface area contributed by atoms with Gasteiger partial charge in [-0.1, -0.05) is 0 Å². The summed E-state index contributed by atoms with van der Waals surface area (Å²) in [4.78, 5) is 14.2. The molecule has 2 aromatic carbocycles. The summed E-state index contributed by atoms with van der Waals surface area (Å²) in [6.45, 7) is 0. The van der Waals surface area contributed by atoms with Crippen LogP contribution in [0.1, 0.15) is 11.7 Å². The van der Waals surface area contributed by atoms with Crippen LogP contribution in [0.25, 0.3) is 0 Å². The lowest BCUT2D eigenvalue weighted by molar-refractivity contribution is -0.118. The van der Waals surface area contributed by atoms with Gasteiger partial charge in [-0.3, -0.25) is 4.79 Å². The first-order valence-electron chi connectivity index (χ1n) is 8.33. The number of carbonyl (C=O) groups is 1. The van der Waals surface area contributed by atoms with Gasteiger partial charge in [-0.2, -0.15) is 5.26 Å². The van der Waals surface area contributed by atoms with E-state index in [0.29, 0.717) is 28.5 Å². The van der Waals surface area contributed by atoms with Crippen molar-refractivity contribution in [2.45, 2.75) is 6.17 Å². The van der Waals surface area contributed by atoms with Crippen molar-refractivity contribution >= 4 is 24.2 Å². The molecular weight excluding hydrogens is 378 g/mol. The highest BCUT2D eigenvalue weighted by Crippen LogP contribution is 2.40. The lowest BCUT2D eigenvalue weighted by Gasteiger charge is -2.38. The second-order valence-electron chi connectivity index (χ2n) is 5.86. The fourth-order valence-corrected chi connectivity index (χ4v) is 3.37. The lowest BCUT2D eigenvalue weighted by Crippen LogP contribution is -2.46. The number of benzene rings is 2. The Morgan fingerprint density at radius 1 is 1.04 bits per heavy atom. The number of thiol groups is 1. The van der Waals surface area contributed by atoms with Crippen LogP contribution >= 0.6 is 12.6 Å². The van der Waals surface area contributed by atoms with E-state index >= 15 is 0 Å². The van der Waals surface area contributed by atoms with E-state index in [2.05, 4.69) is 17.9 Å². The molecule has 0 fully saturated rings. The molecule has 1 unspecified atom stereocenters. The summed E-state index contributed by atoms with van der Waals surface area (Å²) >= 11 is 4.49. The highest BCUT2D eigenvalue weighted by Gasteiger charge is 2.35. The van der Waals surface area contributed by atoms with Crippen molar-refractivity contribution < 1.29 is 19.0 Å². The van der Waals surface area contributed by atoms with Crippen LogP contribution in [0.15, 0.2) is 53.1 Å². The number of hydrogen-bond donors (Lipinski definition) is 2. The van der Waals surface area contributed by atoms with Crippen LogP contribution in [0.4, 0.5) is 5.69 Å². The zero-order valence-corrected chi connectivity index (χ0v) is 16.5. The molecule has 0 aliphatic carbocycles. The summed E-state index contributed by atoms with van der Waals surface area (Å²) < 4.78 is 16.0. The van der Waals surface area contributed by atoms with E-state index in [1.54, 1.807) is 56.6 Å². The van der Waals surface area contributed by atoms with Crippen molar-refractivity contribution in [3.05, 3.63) is 58.6 Å². The van der Waals surface area contributed by atoms with Crippen molar-refractivity contribution in [1.82, 2.24) is 5.32 Å². The first kappa shape index (κ1) is 19.5. The first-order valence-corrected chi connectivity index (χ1v) is 8.78. The molecule has 0 radical (unpaired) electrons. The standard InChI is InChI=1S/C20H19N3O4S/c1-25-13-6-4-12(5-7-13)23-18(22-19(24)16(11-21)20(23)28)15-10-14(26-2)8-9-17(15)27-3/h4-10,18,28H,1-3H3,(H,22,24). The number of amides is 1. The zero-order valence-electron chi connectivity index (χ0n) is 15.6. The largest absolute Gasteiger partial charge is 0.497 e. The van der Waals surface area contributed by atoms with E-state index in [-0.39, 0.29) is 10.6 Å². The van der Waals surface area contributed by atoms with Crippen molar-refractivity contribution in [2.24, 2.45) is 0 Å². The van der Waals surface area contributed by atoms with Gasteiger partial charge in [0, 0.05) is 11.3 Å². The zero-order chi connectivity index (χ0) is 20.3. The quantitative estimate of drug-likeness (QED) is 0.755. The summed E-state index contributed by atoms with van der Waals surface area (Å²) in [5.74, 6) is 1.35. The third-order valence-electron chi connectivity index (χ3n) is 4.40. The molecule has 2 aromatic rings. The minimum atomic E-state index is -0.657. The minimum absolute atomic E-state index is 0.0720. The number of carbonyl (C=O) groups excluding carboxylic acids is 1. The topological polar surface area (TPSA) is 83.8 Å². The fourth-order valence-electron chi connectivity index (χ4n) is 2.99. The van der Waals surface area contributed by atoms with Gasteiger partial charge in [0.15, 0.2) is 0 Å². The predicted molar refractivity (Wildman–Crippen MR) is 108 cm³/mol. The van der Waals surface area contributed by atoms with Crippen LogP contribution in [0, 0.1) is 11.3 Å². The highest BCUT2D eigenvalue weighted by atomic mass is 32.1. The van der Waals surface area contributed by atoms with E-state index < -0.39 is 12.1 Å². The number of methoxy groups -OCH3 is 3. The Bertz CT molecular complexity index is 966. The lowest BCUT2D eigenvalue weighted by atomic mass is 10.1. The van der Waals surface area contributed by atoms with Gasteiger partial charge in [0.25, 0.3) is 5.91 Å². The Morgan fingerprint density at radius 2 is 1.68 bits per heavy atom. The summed E-state index contributed by atoms with van der Waals surface area (Å²) in [5, 5.41) is 12.5. The van der Waals surface area contributed by atoms with E-state index in [1.807, 2.05) is 18.2 Å². The number of rotatable bonds is 5. The molecule has 7 nitrogen and oxygen atoms in total. The van der Waals surface area contributed by atoms with Gasteiger partial charge in [-0.15, -0.1) is 12.6 Å². The molecule has 0 spiro atoms. The number of ether oxygens (including phenoxy) is 3. The van der Waals surface area contributed by atoms with Crippen molar-refractivity contribution in [3.63, 3.8) is 0 Å². The molecule has 1 atom stereocenters. The van der Waals surface area contributed by atoms with Crippen LogP contribution in [-0.2, 0) is 4.79 Å². The van der Waals surface area contributed by atoms with Gasteiger partial charge in [0.05, 0.1) is 26.4 Å². The van der Waals surface area contributed by atoms with Crippen molar-refractivity contribution in [1.29, 1.82) is 5.26 Å². The van der Waals surface area contributed by atoms with Gasteiger partial charge in [-0.25, -0.2) is 0 Å². The van der Waals surface area contributed by atoms with Crippen LogP contribution in [-0.4, -0.2) is 27.2 Å². The molecular formula is C20H19N3O4S. The van der Waals surface area contributed by atoms with Crippen LogP contribution in [0.2, 0.25) is 0 Å². The first-order chi connectivity index (χ1) is 13.5. The molecule has 1 amide bonds. The highest BCUT2D eigenvalue weighted by molar-refractivity contribution is 7.84. The Hall–Kier alpha value is -3.31. The molecule has 28 heavy (non-hydrogen) atoms. The molecule has 1 N–H and O–H groups in total. The summed E-state index contributed by atoms with van der Waals surface area (Å²) in [6, 6.07) is 14.4. The number of nitriles is 1. The average molecular weight is 397 g/mol. The number of hydrogen-bond acceptors (Lipinski definition) is 7. The second-order valence-corrected chi connectivity index (χ2v) is 6.29. The molecule has 144 valence electrons. The molecule has 3 rings (SSSR count). The van der Waals surface area contributed by atoms with Gasteiger partial charge < -0.3 is 24.4 Å². The van der Waals surface area contributed by atoms with Crippen LogP contribution in [0.5, 0.6) is 17.2 Å². The Labute approximate surface area is 168 Å². The maximum absolute atomic E-state index is 12.5. The Balaban J connectivity index is 2.19. The van der Waals surface area contributed by atoms with Gasteiger partial charge >= 0.3 is 0 Å². The molecule has 0 bridgehead atoms. The van der Waals surface area contributed by atoms with Gasteiger partial charge in [0.1, 0.15) is 35.1 Å². The number of anilines is 1.